The number of hydrogen-bond donors (Lipinski definition) is 1. The fourth-order valence-corrected chi connectivity index (χ4v) is 3.94. The highest BCUT2D eigenvalue weighted by atomic mass is 14.9. The van der Waals surface area contributed by atoms with Crippen LogP contribution in [0.25, 0.3) is 0 Å². The topological polar surface area (TPSA) is 16.6 Å². The van der Waals surface area contributed by atoms with Gasteiger partial charge in [0.25, 0.3) is 0 Å². The predicted octanol–water partition coefficient (Wildman–Crippen LogP) is 3.14. The molecule has 0 radical (unpaired) electrons. The lowest BCUT2D eigenvalue weighted by Gasteiger charge is -2.37. The Kier molecular flexibility index (Phi) is 3.68. The Labute approximate surface area is 107 Å². The minimum Gasteiger partial charge on any atom is -0.474 e. The van der Waals surface area contributed by atoms with Crippen molar-refractivity contribution >= 4 is 0 Å². The molecule has 0 aromatic carbocycles. The SMILES string of the molecule is [CH2-][NH2+]C1(C)CCC(C(C)C)=CC2C(C)CCC21. The zero-order valence-corrected chi connectivity index (χ0v) is 12.0. The molecule has 0 aromatic rings. The van der Waals surface area contributed by atoms with Crippen LogP contribution in [0.15, 0.2) is 11.6 Å². The molecule has 1 saturated carbocycles. The average molecular weight is 235 g/mol. The number of fused-ring (bicyclic) bond motifs is 1. The Morgan fingerprint density at radius 1 is 1.41 bits per heavy atom. The average Bonchev–Trinajstić information content (AvgIpc) is 2.57. The summed E-state index contributed by atoms with van der Waals surface area (Å²) in [6.45, 7) is 9.56. The van der Waals surface area contributed by atoms with Gasteiger partial charge in [0.2, 0.25) is 0 Å². The van der Waals surface area contributed by atoms with E-state index in [0.29, 0.717) is 5.54 Å². The van der Waals surface area contributed by atoms with Gasteiger partial charge in [0.1, 0.15) is 0 Å². The smallest absolute Gasteiger partial charge is 0.0732 e. The minimum atomic E-state index is 0.364. The molecule has 1 nitrogen and oxygen atoms in total. The quantitative estimate of drug-likeness (QED) is 0.559. The summed E-state index contributed by atoms with van der Waals surface area (Å²) < 4.78 is 0. The van der Waals surface area contributed by atoms with Crippen LogP contribution in [-0.4, -0.2) is 5.54 Å². The van der Waals surface area contributed by atoms with E-state index in [2.05, 4.69) is 46.1 Å². The van der Waals surface area contributed by atoms with Crippen molar-refractivity contribution < 1.29 is 5.32 Å². The zero-order valence-electron chi connectivity index (χ0n) is 12.0. The number of hydrogen-bond acceptors (Lipinski definition) is 0. The lowest BCUT2D eigenvalue weighted by molar-refractivity contribution is -0.683. The molecule has 0 amide bonds. The largest absolute Gasteiger partial charge is 0.474 e. The fraction of sp³-hybridized carbons (Fsp3) is 0.812. The lowest BCUT2D eigenvalue weighted by Crippen LogP contribution is -2.92. The van der Waals surface area contributed by atoms with Crippen LogP contribution in [-0.2, 0) is 0 Å². The van der Waals surface area contributed by atoms with Gasteiger partial charge in [0.05, 0.1) is 5.54 Å². The number of nitrogens with two attached hydrogens (primary N) is 1. The first kappa shape index (κ1) is 13.1. The summed E-state index contributed by atoms with van der Waals surface area (Å²) in [6, 6.07) is 0. The summed E-state index contributed by atoms with van der Waals surface area (Å²) in [4.78, 5) is 0. The summed E-state index contributed by atoms with van der Waals surface area (Å²) in [5.41, 5.74) is 2.06. The van der Waals surface area contributed by atoms with E-state index in [0.717, 1.165) is 23.7 Å². The Bertz CT molecular complexity index is 305. The third-order valence-corrected chi connectivity index (χ3v) is 5.47. The standard InChI is InChI=1S/C16H29N/c1-11(2)13-8-9-16(4,17-5)15-7-6-12(3)14(15)10-13/h10-12,14-15H,5-9,17H2,1-4H3. The first-order valence-electron chi connectivity index (χ1n) is 7.32. The second-order valence-electron chi connectivity index (χ2n) is 6.84. The molecule has 2 N–H and O–H groups in total. The van der Waals surface area contributed by atoms with Crippen molar-refractivity contribution in [3.8, 4) is 0 Å². The van der Waals surface area contributed by atoms with E-state index in [-0.39, 0.29) is 0 Å². The van der Waals surface area contributed by atoms with Gasteiger partial charge in [-0.2, -0.15) is 7.05 Å². The first-order valence-corrected chi connectivity index (χ1v) is 7.32. The second kappa shape index (κ2) is 4.76. The normalized spacial score (nSPS) is 42.2. The molecule has 1 fully saturated rings. The Morgan fingerprint density at radius 2 is 2.12 bits per heavy atom. The summed E-state index contributed by atoms with van der Waals surface area (Å²) in [5.74, 6) is 3.23. The molecule has 2 aliphatic rings. The number of rotatable bonds is 2. The van der Waals surface area contributed by atoms with Gasteiger partial charge in [0.15, 0.2) is 0 Å². The van der Waals surface area contributed by atoms with Gasteiger partial charge in [0, 0.05) is 12.3 Å². The minimum absolute atomic E-state index is 0.364. The lowest BCUT2D eigenvalue weighted by atomic mass is 9.76. The summed E-state index contributed by atoms with van der Waals surface area (Å²) in [7, 11) is 4.13. The molecule has 17 heavy (non-hydrogen) atoms. The van der Waals surface area contributed by atoms with Crippen LogP contribution in [0.4, 0.5) is 0 Å². The van der Waals surface area contributed by atoms with Crippen LogP contribution < -0.4 is 5.32 Å². The summed E-state index contributed by atoms with van der Waals surface area (Å²) >= 11 is 0. The molecule has 2 aliphatic carbocycles. The molecular formula is C16H29N. The van der Waals surface area contributed by atoms with Gasteiger partial charge in [-0.25, -0.2) is 0 Å². The molecular weight excluding hydrogens is 206 g/mol. The third-order valence-electron chi connectivity index (χ3n) is 5.47. The van der Waals surface area contributed by atoms with Crippen LogP contribution in [0.3, 0.4) is 0 Å². The van der Waals surface area contributed by atoms with E-state index in [1.54, 1.807) is 5.57 Å². The van der Waals surface area contributed by atoms with Gasteiger partial charge in [-0.05, 0) is 43.9 Å². The third kappa shape index (κ3) is 2.31. The van der Waals surface area contributed by atoms with E-state index in [1.165, 1.54) is 25.7 Å². The van der Waals surface area contributed by atoms with Gasteiger partial charge in [-0.15, -0.1) is 0 Å². The van der Waals surface area contributed by atoms with Crippen molar-refractivity contribution in [1.29, 1.82) is 0 Å². The molecule has 1 heteroatoms. The molecule has 98 valence electrons. The van der Waals surface area contributed by atoms with E-state index in [9.17, 15) is 0 Å². The van der Waals surface area contributed by atoms with Crippen molar-refractivity contribution in [2.24, 2.45) is 23.7 Å². The van der Waals surface area contributed by atoms with E-state index >= 15 is 0 Å². The first-order chi connectivity index (χ1) is 7.98. The second-order valence-corrected chi connectivity index (χ2v) is 6.84. The van der Waals surface area contributed by atoms with Gasteiger partial charge in [-0.1, -0.05) is 32.4 Å². The van der Waals surface area contributed by atoms with Crippen molar-refractivity contribution in [2.75, 3.05) is 0 Å². The predicted molar refractivity (Wildman–Crippen MR) is 73.2 cm³/mol. The summed E-state index contributed by atoms with van der Waals surface area (Å²) in [6.07, 6.45) is 8.02. The van der Waals surface area contributed by atoms with E-state index in [4.69, 9.17) is 0 Å². The molecule has 0 aromatic heterocycles. The highest BCUT2D eigenvalue weighted by Gasteiger charge is 2.46. The maximum Gasteiger partial charge on any atom is 0.0732 e. The Morgan fingerprint density at radius 3 is 2.71 bits per heavy atom. The van der Waals surface area contributed by atoms with Crippen LogP contribution >= 0.6 is 0 Å². The van der Waals surface area contributed by atoms with Gasteiger partial charge < -0.3 is 5.32 Å². The maximum absolute atomic E-state index is 4.13. The van der Waals surface area contributed by atoms with Crippen LogP contribution in [0.1, 0.15) is 53.4 Å². The fourth-order valence-electron chi connectivity index (χ4n) is 3.94. The monoisotopic (exact) mass is 235 g/mol. The molecule has 4 atom stereocenters. The zero-order chi connectivity index (χ0) is 12.6. The Balaban J connectivity index is 2.31. The molecule has 0 heterocycles. The van der Waals surface area contributed by atoms with Crippen molar-refractivity contribution in [1.82, 2.24) is 0 Å². The Hall–Kier alpha value is -0.300. The van der Waals surface area contributed by atoms with Crippen LogP contribution in [0.5, 0.6) is 0 Å². The van der Waals surface area contributed by atoms with Crippen molar-refractivity contribution in [3.63, 3.8) is 0 Å². The highest BCUT2D eigenvalue weighted by molar-refractivity contribution is 5.15. The molecule has 2 rings (SSSR count). The van der Waals surface area contributed by atoms with E-state index < -0.39 is 0 Å². The molecule has 0 aliphatic heterocycles. The van der Waals surface area contributed by atoms with Crippen LogP contribution in [0, 0.1) is 30.7 Å². The van der Waals surface area contributed by atoms with Crippen molar-refractivity contribution in [2.45, 2.75) is 58.9 Å². The van der Waals surface area contributed by atoms with Crippen LogP contribution in [0.2, 0.25) is 0 Å². The molecule has 0 saturated heterocycles. The molecule has 4 unspecified atom stereocenters. The molecule has 0 bridgehead atoms. The number of quaternary nitrogens is 1. The molecule has 0 spiro atoms. The van der Waals surface area contributed by atoms with Gasteiger partial charge >= 0.3 is 0 Å². The summed E-state index contributed by atoms with van der Waals surface area (Å²) in [5, 5.41) is 2.25. The number of allylic oxidation sites excluding steroid dienone is 2. The maximum atomic E-state index is 4.13. The van der Waals surface area contributed by atoms with Gasteiger partial charge in [-0.3, -0.25) is 0 Å². The highest BCUT2D eigenvalue weighted by Crippen LogP contribution is 2.47. The van der Waals surface area contributed by atoms with Crippen molar-refractivity contribution in [3.05, 3.63) is 18.7 Å². The van der Waals surface area contributed by atoms with E-state index in [1.807, 2.05) is 0 Å².